The Labute approximate surface area is 143 Å². The largest absolute Gasteiger partial charge is 0.360 e. The molecule has 0 unspecified atom stereocenters. The molecule has 3 aromatic rings. The first-order valence-corrected chi connectivity index (χ1v) is 8.39. The van der Waals surface area contributed by atoms with Crippen molar-refractivity contribution in [2.24, 2.45) is 0 Å². The van der Waals surface area contributed by atoms with Crippen LogP contribution in [0.25, 0.3) is 11.3 Å². The van der Waals surface area contributed by atoms with E-state index in [1.165, 1.54) is 0 Å². The Bertz CT molecular complexity index is 900. The van der Waals surface area contributed by atoms with E-state index in [1.807, 2.05) is 25.1 Å². The van der Waals surface area contributed by atoms with E-state index in [9.17, 15) is 0 Å². The summed E-state index contributed by atoms with van der Waals surface area (Å²) >= 11 is 1.61. The Morgan fingerprint density at radius 2 is 2.21 bits per heavy atom. The summed E-state index contributed by atoms with van der Waals surface area (Å²) in [5.41, 5.74) is 2.97. The summed E-state index contributed by atoms with van der Waals surface area (Å²) in [6, 6.07) is 11.1. The van der Waals surface area contributed by atoms with Gasteiger partial charge < -0.3 is 9.84 Å². The van der Waals surface area contributed by atoms with Crippen LogP contribution >= 0.6 is 11.8 Å². The molecule has 7 heteroatoms. The van der Waals surface area contributed by atoms with Crippen LogP contribution in [0, 0.1) is 18.3 Å². The predicted molar refractivity (Wildman–Crippen MR) is 93.1 cm³/mol. The first-order chi connectivity index (χ1) is 11.7. The molecular formula is C17H15N5OS. The average Bonchev–Trinajstić information content (AvgIpc) is 2.96. The Kier molecular flexibility index (Phi) is 4.77. The van der Waals surface area contributed by atoms with E-state index in [0.717, 1.165) is 33.5 Å². The van der Waals surface area contributed by atoms with Crippen LogP contribution in [0.4, 0.5) is 11.6 Å². The fourth-order valence-electron chi connectivity index (χ4n) is 2.23. The van der Waals surface area contributed by atoms with Crippen molar-refractivity contribution in [3.05, 3.63) is 47.9 Å². The molecule has 2 heterocycles. The lowest BCUT2D eigenvalue weighted by atomic mass is 10.2. The van der Waals surface area contributed by atoms with Crippen LogP contribution in [-0.4, -0.2) is 20.9 Å². The number of hydrogen-bond acceptors (Lipinski definition) is 7. The Morgan fingerprint density at radius 3 is 3.00 bits per heavy atom. The van der Waals surface area contributed by atoms with Gasteiger partial charge in [-0.3, -0.25) is 0 Å². The molecule has 0 aliphatic carbocycles. The molecule has 0 fully saturated rings. The molecule has 0 atom stereocenters. The van der Waals surface area contributed by atoms with Crippen LogP contribution in [0.5, 0.6) is 0 Å². The summed E-state index contributed by atoms with van der Waals surface area (Å²) in [6.07, 6.45) is 1.69. The standard InChI is InChI=1S/C17H15N5OS/c1-3-24-16-15(11(2)23-22-16)14-7-8-19-17(21-14)20-13-6-4-5-12(9-13)10-18/h4-9H,3H2,1-2H3,(H,19,20,21). The van der Waals surface area contributed by atoms with Crippen LogP contribution in [0.1, 0.15) is 18.2 Å². The minimum absolute atomic E-state index is 0.454. The van der Waals surface area contributed by atoms with E-state index in [0.29, 0.717) is 11.5 Å². The average molecular weight is 337 g/mol. The fourth-order valence-corrected chi connectivity index (χ4v) is 2.99. The van der Waals surface area contributed by atoms with Crippen LogP contribution in [0.15, 0.2) is 46.1 Å². The number of aryl methyl sites for hydroxylation is 1. The molecule has 0 radical (unpaired) electrons. The number of nitrogens with zero attached hydrogens (tertiary/aromatic N) is 4. The predicted octanol–water partition coefficient (Wildman–Crippen LogP) is 4.17. The maximum atomic E-state index is 8.98. The third-order valence-electron chi connectivity index (χ3n) is 3.27. The zero-order valence-electron chi connectivity index (χ0n) is 13.3. The van der Waals surface area contributed by atoms with Crippen molar-refractivity contribution >= 4 is 23.4 Å². The van der Waals surface area contributed by atoms with Crippen molar-refractivity contribution in [3.8, 4) is 17.3 Å². The minimum atomic E-state index is 0.454. The van der Waals surface area contributed by atoms with Gasteiger partial charge in [0.2, 0.25) is 5.95 Å². The number of rotatable bonds is 5. The number of hydrogen-bond donors (Lipinski definition) is 1. The molecule has 1 aromatic carbocycles. The zero-order chi connectivity index (χ0) is 16.9. The number of nitrogens with one attached hydrogen (secondary N) is 1. The molecule has 24 heavy (non-hydrogen) atoms. The highest BCUT2D eigenvalue weighted by atomic mass is 32.2. The summed E-state index contributed by atoms with van der Waals surface area (Å²) < 4.78 is 5.30. The van der Waals surface area contributed by atoms with Gasteiger partial charge in [-0.15, -0.1) is 11.8 Å². The van der Waals surface area contributed by atoms with Crippen LogP contribution < -0.4 is 5.32 Å². The lowest BCUT2D eigenvalue weighted by Crippen LogP contribution is -1.98. The first kappa shape index (κ1) is 16.0. The third kappa shape index (κ3) is 3.39. The first-order valence-electron chi connectivity index (χ1n) is 7.41. The van der Waals surface area contributed by atoms with Gasteiger partial charge >= 0.3 is 0 Å². The highest BCUT2D eigenvalue weighted by Gasteiger charge is 2.16. The molecule has 120 valence electrons. The number of nitriles is 1. The van der Waals surface area contributed by atoms with Crippen LogP contribution in [-0.2, 0) is 0 Å². The van der Waals surface area contributed by atoms with E-state index < -0.39 is 0 Å². The highest BCUT2D eigenvalue weighted by Crippen LogP contribution is 2.32. The van der Waals surface area contributed by atoms with E-state index in [-0.39, 0.29) is 0 Å². The molecule has 0 aliphatic rings. The van der Waals surface area contributed by atoms with Crippen molar-refractivity contribution in [1.82, 2.24) is 15.1 Å². The topological polar surface area (TPSA) is 87.6 Å². The Morgan fingerprint density at radius 1 is 1.33 bits per heavy atom. The third-order valence-corrected chi connectivity index (χ3v) is 4.11. The van der Waals surface area contributed by atoms with Gasteiger partial charge in [-0.1, -0.05) is 18.1 Å². The molecule has 0 bridgehead atoms. The maximum absolute atomic E-state index is 8.98. The van der Waals surface area contributed by atoms with E-state index in [1.54, 1.807) is 30.1 Å². The molecule has 3 rings (SSSR count). The monoisotopic (exact) mass is 337 g/mol. The van der Waals surface area contributed by atoms with Crippen LogP contribution in [0.3, 0.4) is 0 Å². The molecule has 0 spiro atoms. The van der Waals surface area contributed by atoms with Gasteiger partial charge in [0.25, 0.3) is 0 Å². The fraction of sp³-hybridized carbons (Fsp3) is 0.176. The highest BCUT2D eigenvalue weighted by molar-refractivity contribution is 7.99. The van der Waals surface area contributed by atoms with Crippen molar-refractivity contribution in [2.45, 2.75) is 18.9 Å². The molecule has 0 aliphatic heterocycles. The second kappa shape index (κ2) is 7.15. The molecule has 0 amide bonds. The van der Waals surface area contributed by atoms with E-state index in [4.69, 9.17) is 9.78 Å². The quantitative estimate of drug-likeness (QED) is 0.699. The van der Waals surface area contributed by atoms with E-state index >= 15 is 0 Å². The second-order valence-electron chi connectivity index (χ2n) is 4.94. The summed E-state index contributed by atoms with van der Waals surface area (Å²) in [5, 5.41) is 17.0. The normalized spacial score (nSPS) is 10.4. The smallest absolute Gasteiger partial charge is 0.227 e. The lowest BCUT2D eigenvalue weighted by molar-refractivity contribution is 0.384. The SMILES string of the molecule is CCSc1noc(C)c1-c1ccnc(Nc2cccc(C#N)c2)n1. The molecule has 0 saturated carbocycles. The number of anilines is 2. The zero-order valence-corrected chi connectivity index (χ0v) is 14.1. The van der Waals surface area contributed by atoms with Gasteiger partial charge in [0.1, 0.15) is 10.8 Å². The van der Waals surface area contributed by atoms with E-state index in [2.05, 4.69) is 33.4 Å². The lowest BCUT2D eigenvalue weighted by Gasteiger charge is -2.07. The summed E-state index contributed by atoms with van der Waals surface area (Å²) in [6.45, 7) is 3.93. The van der Waals surface area contributed by atoms with Gasteiger partial charge in [0.15, 0.2) is 0 Å². The molecule has 6 nitrogen and oxygen atoms in total. The summed E-state index contributed by atoms with van der Waals surface area (Å²) in [4.78, 5) is 8.79. The summed E-state index contributed by atoms with van der Waals surface area (Å²) in [7, 11) is 0. The van der Waals surface area contributed by atoms with Gasteiger partial charge in [0, 0.05) is 11.9 Å². The maximum Gasteiger partial charge on any atom is 0.227 e. The molecule has 0 saturated heterocycles. The number of aromatic nitrogens is 3. The van der Waals surface area contributed by atoms with Gasteiger partial charge in [-0.05, 0) is 36.9 Å². The molecular weight excluding hydrogens is 322 g/mol. The second-order valence-corrected chi connectivity index (χ2v) is 6.19. The van der Waals surface area contributed by atoms with Gasteiger partial charge in [0.05, 0.1) is 22.9 Å². The number of thioether (sulfide) groups is 1. The number of benzene rings is 1. The molecule has 2 aromatic heterocycles. The van der Waals surface area contributed by atoms with Crippen molar-refractivity contribution in [2.75, 3.05) is 11.1 Å². The van der Waals surface area contributed by atoms with Crippen molar-refractivity contribution in [3.63, 3.8) is 0 Å². The summed E-state index contributed by atoms with van der Waals surface area (Å²) in [5.74, 6) is 2.08. The van der Waals surface area contributed by atoms with Crippen molar-refractivity contribution < 1.29 is 4.52 Å². The van der Waals surface area contributed by atoms with Gasteiger partial charge in [-0.25, -0.2) is 9.97 Å². The Balaban J connectivity index is 1.92. The molecule has 1 N–H and O–H groups in total. The minimum Gasteiger partial charge on any atom is -0.360 e. The van der Waals surface area contributed by atoms with Crippen LogP contribution in [0.2, 0.25) is 0 Å². The Hall–Kier alpha value is -2.85. The van der Waals surface area contributed by atoms with Crippen molar-refractivity contribution in [1.29, 1.82) is 5.26 Å². The van der Waals surface area contributed by atoms with Gasteiger partial charge in [-0.2, -0.15) is 5.26 Å².